The lowest BCUT2D eigenvalue weighted by Crippen LogP contribution is -2.05. The first-order valence-corrected chi connectivity index (χ1v) is 7.62. The second-order valence-corrected chi connectivity index (χ2v) is 6.11. The first kappa shape index (κ1) is 17.0. The van der Waals surface area contributed by atoms with Crippen LogP contribution in [0.3, 0.4) is 0 Å². The van der Waals surface area contributed by atoms with Gasteiger partial charge in [0.1, 0.15) is 6.10 Å². The molecule has 2 aromatic rings. The topological polar surface area (TPSA) is 57.5 Å². The average molecular weight is 310 g/mol. The molecule has 0 spiro atoms. The van der Waals surface area contributed by atoms with Crippen molar-refractivity contribution in [2.24, 2.45) is 0 Å². The maximum absolute atomic E-state index is 10.9. The fourth-order valence-corrected chi connectivity index (χ4v) is 2.54. The van der Waals surface area contributed by atoms with Crippen molar-refractivity contribution < 1.29 is 15.0 Å². The summed E-state index contributed by atoms with van der Waals surface area (Å²) in [4.78, 5) is 10.9. The minimum atomic E-state index is -0.976. The standard InChI is InChI=1S/C20H22O3/c1-12(2)16-9-10-17(13(3)4)18(11-16)19(21)14-5-7-15(8-6-14)20(22)23/h5-12,19,21H,3H2,1-2,4H3,(H,22,23)/t19-/m0/s1. The molecule has 0 bridgehead atoms. The van der Waals surface area contributed by atoms with E-state index in [0.717, 1.165) is 22.3 Å². The molecule has 2 N–H and O–H groups in total. The van der Waals surface area contributed by atoms with Gasteiger partial charge in [0.25, 0.3) is 0 Å². The zero-order valence-corrected chi connectivity index (χ0v) is 13.7. The monoisotopic (exact) mass is 310 g/mol. The minimum Gasteiger partial charge on any atom is -0.478 e. The maximum atomic E-state index is 10.9. The maximum Gasteiger partial charge on any atom is 0.335 e. The molecular weight excluding hydrogens is 288 g/mol. The van der Waals surface area contributed by atoms with Crippen LogP contribution in [0.25, 0.3) is 5.57 Å². The van der Waals surface area contributed by atoms with E-state index in [1.807, 2.05) is 19.1 Å². The van der Waals surface area contributed by atoms with Crippen LogP contribution in [-0.4, -0.2) is 16.2 Å². The van der Waals surface area contributed by atoms with Gasteiger partial charge in [-0.05, 0) is 47.2 Å². The average Bonchev–Trinajstić information content (AvgIpc) is 2.53. The Labute approximate surface area is 136 Å². The second-order valence-electron chi connectivity index (χ2n) is 6.11. The summed E-state index contributed by atoms with van der Waals surface area (Å²) in [5.74, 6) is -0.620. The Hall–Kier alpha value is -2.39. The molecule has 0 aliphatic heterocycles. The van der Waals surface area contributed by atoms with Gasteiger partial charge in [-0.25, -0.2) is 4.79 Å². The van der Waals surface area contributed by atoms with E-state index < -0.39 is 12.1 Å². The normalized spacial score (nSPS) is 12.2. The van der Waals surface area contributed by atoms with Gasteiger partial charge in [0.2, 0.25) is 0 Å². The molecule has 0 heterocycles. The molecule has 2 rings (SSSR count). The van der Waals surface area contributed by atoms with Crippen molar-refractivity contribution in [2.45, 2.75) is 32.8 Å². The molecule has 0 saturated heterocycles. The van der Waals surface area contributed by atoms with Crippen molar-refractivity contribution >= 4 is 11.5 Å². The first-order chi connectivity index (χ1) is 10.8. The third kappa shape index (κ3) is 3.69. The van der Waals surface area contributed by atoms with Crippen LogP contribution in [0.2, 0.25) is 0 Å². The summed E-state index contributed by atoms with van der Waals surface area (Å²) in [7, 11) is 0. The number of allylic oxidation sites excluding steroid dienone is 1. The van der Waals surface area contributed by atoms with E-state index in [2.05, 4.69) is 26.5 Å². The Morgan fingerprint density at radius 2 is 1.61 bits per heavy atom. The number of benzene rings is 2. The van der Waals surface area contributed by atoms with Crippen molar-refractivity contribution in [1.82, 2.24) is 0 Å². The summed E-state index contributed by atoms with van der Waals surface area (Å²) in [5, 5.41) is 19.7. The molecule has 0 aliphatic carbocycles. The highest BCUT2D eigenvalue weighted by Gasteiger charge is 2.17. The molecule has 0 amide bonds. The van der Waals surface area contributed by atoms with E-state index in [4.69, 9.17) is 5.11 Å². The zero-order chi connectivity index (χ0) is 17.1. The fraction of sp³-hybridized carbons (Fsp3) is 0.250. The summed E-state index contributed by atoms with van der Waals surface area (Å²) >= 11 is 0. The molecule has 1 atom stereocenters. The lowest BCUT2D eigenvalue weighted by Gasteiger charge is -2.19. The third-order valence-corrected chi connectivity index (χ3v) is 3.97. The van der Waals surface area contributed by atoms with Gasteiger partial charge >= 0.3 is 5.97 Å². The first-order valence-electron chi connectivity index (χ1n) is 7.62. The van der Waals surface area contributed by atoms with Gasteiger partial charge in [-0.3, -0.25) is 0 Å². The molecule has 0 fully saturated rings. The highest BCUT2D eigenvalue weighted by Crippen LogP contribution is 2.31. The van der Waals surface area contributed by atoms with Crippen molar-refractivity contribution in [2.75, 3.05) is 0 Å². The van der Waals surface area contributed by atoms with Crippen LogP contribution in [-0.2, 0) is 0 Å². The van der Waals surface area contributed by atoms with E-state index >= 15 is 0 Å². The molecule has 0 radical (unpaired) electrons. The summed E-state index contributed by atoms with van der Waals surface area (Å²) in [6.45, 7) is 10.1. The zero-order valence-electron chi connectivity index (χ0n) is 13.7. The molecule has 120 valence electrons. The van der Waals surface area contributed by atoms with E-state index in [-0.39, 0.29) is 5.56 Å². The largest absolute Gasteiger partial charge is 0.478 e. The third-order valence-electron chi connectivity index (χ3n) is 3.97. The molecule has 0 aromatic heterocycles. The van der Waals surface area contributed by atoms with Gasteiger partial charge < -0.3 is 10.2 Å². The Morgan fingerprint density at radius 1 is 1.04 bits per heavy atom. The lowest BCUT2D eigenvalue weighted by atomic mass is 9.89. The Bertz CT molecular complexity index is 727. The van der Waals surface area contributed by atoms with Crippen LogP contribution >= 0.6 is 0 Å². The Kier molecular flexibility index (Phi) is 5.02. The van der Waals surface area contributed by atoms with E-state index in [1.165, 1.54) is 12.1 Å². The fourth-order valence-electron chi connectivity index (χ4n) is 2.54. The SMILES string of the molecule is C=C(C)c1ccc(C(C)C)cc1[C@@H](O)c1ccc(C(=O)O)cc1. The van der Waals surface area contributed by atoms with Gasteiger partial charge in [-0.2, -0.15) is 0 Å². The van der Waals surface area contributed by atoms with Crippen molar-refractivity contribution in [3.05, 3.63) is 76.9 Å². The Balaban J connectivity index is 2.47. The van der Waals surface area contributed by atoms with Crippen molar-refractivity contribution in [1.29, 1.82) is 0 Å². The summed E-state index contributed by atoms with van der Waals surface area (Å²) in [6, 6.07) is 12.4. The van der Waals surface area contributed by atoms with Crippen LogP contribution in [0, 0.1) is 0 Å². The van der Waals surface area contributed by atoms with Gasteiger partial charge in [0, 0.05) is 0 Å². The van der Waals surface area contributed by atoms with E-state index in [0.29, 0.717) is 11.5 Å². The van der Waals surface area contributed by atoms with Gasteiger partial charge in [0.05, 0.1) is 5.56 Å². The molecule has 3 nitrogen and oxygen atoms in total. The molecule has 0 saturated carbocycles. The van der Waals surface area contributed by atoms with Gasteiger partial charge in [0.15, 0.2) is 0 Å². The van der Waals surface area contributed by atoms with Crippen LogP contribution in [0.5, 0.6) is 0 Å². The van der Waals surface area contributed by atoms with Crippen molar-refractivity contribution in [3.8, 4) is 0 Å². The Morgan fingerprint density at radius 3 is 2.09 bits per heavy atom. The highest BCUT2D eigenvalue weighted by molar-refractivity contribution is 5.87. The molecular formula is C20H22O3. The number of aliphatic hydroxyl groups is 1. The summed E-state index contributed by atoms with van der Waals surface area (Å²) in [6.07, 6.45) is -0.816. The minimum absolute atomic E-state index is 0.206. The lowest BCUT2D eigenvalue weighted by molar-refractivity contribution is 0.0696. The number of carboxylic acid groups (broad SMARTS) is 1. The number of hydrogen-bond donors (Lipinski definition) is 2. The molecule has 0 unspecified atom stereocenters. The second kappa shape index (κ2) is 6.80. The van der Waals surface area contributed by atoms with Gasteiger partial charge in [-0.1, -0.05) is 56.3 Å². The number of aromatic carboxylic acids is 1. The molecule has 3 heteroatoms. The number of aliphatic hydroxyl groups excluding tert-OH is 1. The number of hydrogen-bond acceptors (Lipinski definition) is 2. The van der Waals surface area contributed by atoms with Crippen LogP contribution in [0.15, 0.2) is 49.0 Å². The molecule has 2 aromatic carbocycles. The number of rotatable bonds is 5. The smallest absolute Gasteiger partial charge is 0.335 e. The predicted octanol–water partition coefficient (Wildman–Crippen LogP) is 4.62. The predicted molar refractivity (Wildman–Crippen MR) is 92.7 cm³/mol. The molecule has 23 heavy (non-hydrogen) atoms. The van der Waals surface area contributed by atoms with Crippen LogP contribution in [0.1, 0.15) is 65.4 Å². The summed E-state index contributed by atoms with van der Waals surface area (Å²) < 4.78 is 0. The summed E-state index contributed by atoms with van der Waals surface area (Å²) in [5.41, 5.74) is 4.62. The van der Waals surface area contributed by atoms with Crippen LogP contribution < -0.4 is 0 Å². The highest BCUT2D eigenvalue weighted by atomic mass is 16.4. The molecule has 0 aliphatic rings. The van der Waals surface area contributed by atoms with E-state index in [9.17, 15) is 9.90 Å². The van der Waals surface area contributed by atoms with Crippen LogP contribution in [0.4, 0.5) is 0 Å². The number of carboxylic acids is 1. The van der Waals surface area contributed by atoms with Crippen molar-refractivity contribution in [3.63, 3.8) is 0 Å². The van der Waals surface area contributed by atoms with Gasteiger partial charge in [-0.15, -0.1) is 0 Å². The quantitative estimate of drug-likeness (QED) is 0.847. The van der Waals surface area contributed by atoms with E-state index in [1.54, 1.807) is 12.1 Å². The number of carbonyl (C=O) groups is 1.